The van der Waals surface area contributed by atoms with E-state index in [0.29, 0.717) is 17.1 Å². The van der Waals surface area contributed by atoms with E-state index in [-0.39, 0.29) is 33.6 Å². The van der Waals surface area contributed by atoms with Gasteiger partial charge in [0.15, 0.2) is 16.9 Å². The molecule has 5 N–H and O–H groups in total. The van der Waals surface area contributed by atoms with Crippen molar-refractivity contribution in [3.05, 3.63) is 51.7 Å². The Morgan fingerprint density at radius 2 is 1.61 bits per heavy atom. The summed E-state index contributed by atoms with van der Waals surface area (Å²) in [6.07, 6.45) is -7.38. The fourth-order valence-electron chi connectivity index (χ4n) is 4.48. The maximum Gasteiger partial charge on any atom is 0.197 e. The average Bonchev–Trinajstić information content (AvgIpc) is 2.90. The van der Waals surface area contributed by atoms with Gasteiger partial charge in [0.25, 0.3) is 0 Å². The van der Waals surface area contributed by atoms with Crippen molar-refractivity contribution in [2.45, 2.75) is 37.1 Å². The summed E-state index contributed by atoms with van der Waals surface area (Å²) in [5.41, 5.74) is 0.441. The van der Waals surface area contributed by atoms with Gasteiger partial charge in [-0.1, -0.05) is 0 Å². The Morgan fingerprint density at radius 3 is 2.22 bits per heavy atom. The minimum Gasteiger partial charge on any atom is -0.495 e. The zero-order valence-electron chi connectivity index (χ0n) is 19.9. The minimum atomic E-state index is -1.66. The molecule has 0 saturated carbocycles. The average molecular weight is 504 g/mol. The summed E-state index contributed by atoms with van der Waals surface area (Å²) < 4.78 is 27.8. The van der Waals surface area contributed by atoms with E-state index in [1.54, 1.807) is 18.2 Å². The van der Waals surface area contributed by atoms with Crippen LogP contribution < -0.4 is 19.6 Å². The van der Waals surface area contributed by atoms with Crippen molar-refractivity contribution in [3.8, 4) is 28.6 Å². The molecule has 3 aromatic rings. The van der Waals surface area contributed by atoms with Gasteiger partial charge in [0.2, 0.25) is 0 Å². The molecule has 0 aliphatic carbocycles. The van der Waals surface area contributed by atoms with Gasteiger partial charge in [-0.15, -0.1) is 0 Å². The second-order valence-corrected chi connectivity index (χ2v) is 8.31. The van der Waals surface area contributed by atoms with Crippen LogP contribution in [-0.4, -0.2) is 77.9 Å². The van der Waals surface area contributed by atoms with Crippen molar-refractivity contribution >= 4 is 11.0 Å². The van der Waals surface area contributed by atoms with Gasteiger partial charge in [0.05, 0.1) is 34.5 Å². The Labute approximate surface area is 205 Å². The molecule has 11 nitrogen and oxygen atoms in total. The van der Waals surface area contributed by atoms with Crippen molar-refractivity contribution in [1.29, 1.82) is 0 Å². The molecule has 2 heterocycles. The Bertz CT molecular complexity index is 1300. The lowest BCUT2D eigenvalue weighted by atomic mass is 9.87. The second kappa shape index (κ2) is 10.4. The van der Waals surface area contributed by atoms with E-state index in [1.807, 2.05) is 0 Å². The smallest absolute Gasteiger partial charge is 0.197 e. The molecule has 194 valence electrons. The van der Waals surface area contributed by atoms with E-state index in [1.165, 1.54) is 33.5 Å². The molecule has 1 aliphatic heterocycles. The van der Waals surface area contributed by atoms with Crippen LogP contribution in [-0.2, 0) is 11.3 Å². The zero-order valence-corrected chi connectivity index (χ0v) is 19.9. The number of fused-ring (bicyclic) bond motifs is 1. The minimum absolute atomic E-state index is 0.0193. The quantitative estimate of drug-likeness (QED) is 0.304. The highest BCUT2D eigenvalue weighted by atomic mass is 16.5. The highest BCUT2D eigenvalue weighted by molar-refractivity contribution is 5.88. The topological polar surface area (TPSA) is 168 Å². The lowest BCUT2D eigenvalue weighted by Gasteiger charge is -2.41. The highest BCUT2D eigenvalue weighted by Crippen LogP contribution is 2.43. The first kappa shape index (κ1) is 25.9. The molecule has 1 aromatic heterocycles. The van der Waals surface area contributed by atoms with Gasteiger partial charge in [-0.25, -0.2) is 0 Å². The maximum absolute atomic E-state index is 13.3. The van der Waals surface area contributed by atoms with E-state index < -0.39 is 49.2 Å². The molecule has 0 spiro atoms. The third kappa shape index (κ3) is 4.30. The van der Waals surface area contributed by atoms with Crippen LogP contribution in [0.15, 0.2) is 39.5 Å². The van der Waals surface area contributed by atoms with Crippen LogP contribution in [0.4, 0.5) is 0 Å². The third-order valence-electron chi connectivity index (χ3n) is 6.32. The molecule has 0 amide bonds. The summed E-state index contributed by atoms with van der Waals surface area (Å²) in [6, 6.07) is 7.69. The highest BCUT2D eigenvalue weighted by Gasteiger charge is 2.46. The molecule has 5 atom stereocenters. The summed E-state index contributed by atoms with van der Waals surface area (Å²) >= 11 is 0. The van der Waals surface area contributed by atoms with Crippen molar-refractivity contribution in [2.24, 2.45) is 0 Å². The fourth-order valence-corrected chi connectivity index (χ4v) is 4.48. The summed E-state index contributed by atoms with van der Waals surface area (Å²) in [5, 5.41) is 50.8. The lowest BCUT2D eigenvalue weighted by Crippen LogP contribution is -2.55. The van der Waals surface area contributed by atoms with Crippen LogP contribution in [0, 0.1) is 0 Å². The Kier molecular flexibility index (Phi) is 7.50. The second-order valence-electron chi connectivity index (χ2n) is 8.31. The molecule has 11 heteroatoms. The monoisotopic (exact) mass is 504 g/mol. The molecule has 0 bridgehead atoms. The van der Waals surface area contributed by atoms with Crippen LogP contribution in [0.2, 0.25) is 0 Å². The molecule has 0 radical (unpaired) electrons. The molecular formula is C25H28O11. The van der Waals surface area contributed by atoms with E-state index >= 15 is 0 Å². The Balaban J connectivity index is 1.91. The van der Waals surface area contributed by atoms with Gasteiger partial charge >= 0.3 is 0 Å². The number of aliphatic hydroxyl groups excluding tert-OH is 5. The van der Waals surface area contributed by atoms with Crippen LogP contribution in [0.1, 0.15) is 17.2 Å². The molecule has 36 heavy (non-hydrogen) atoms. The van der Waals surface area contributed by atoms with Crippen molar-refractivity contribution in [3.63, 3.8) is 0 Å². The van der Waals surface area contributed by atoms with Crippen LogP contribution in [0.5, 0.6) is 17.2 Å². The van der Waals surface area contributed by atoms with Gasteiger partial charge in [0, 0.05) is 17.2 Å². The number of ether oxygens (including phenoxy) is 4. The Hall–Kier alpha value is -3.19. The lowest BCUT2D eigenvalue weighted by molar-refractivity contribution is -0.232. The number of benzene rings is 2. The molecule has 1 saturated heterocycles. The molecule has 1 aliphatic rings. The Morgan fingerprint density at radius 1 is 0.889 bits per heavy atom. The standard InChI is InChI=1S/C25H28O11/c1-32-14-5-4-11(6-16(14)33-2)15-8-13(28)20-17(35-15)7-12(9-26)19(24(20)34-3)25-23(31)22(30)21(29)18(10-27)36-25/h4-8,18,21-23,25-27,29-31H,9-10H2,1-3H3. The number of rotatable bonds is 7. The van der Waals surface area contributed by atoms with Gasteiger partial charge in [-0.3, -0.25) is 4.79 Å². The summed E-state index contributed by atoms with van der Waals surface area (Å²) in [7, 11) is 4.28. The number of aliphatic hydroxyl groups is 5. The van der Waals surface area contributed by atoms with E-state index in [9.17, 15) is 30.3 Å². The van der Waals surface area contributed by atoms with Gasteiger partial charge in [-0.05, 0) is 29.8 Å². The molecule has 1 fully saturated rings. The first-order valence-electron chi connectivity index (χ1n) is 11.1. The van der Waals surface area contributed by atoms with Crippen molar-refractivity contribution < 1.29 is 48.9 Å². The maximum atomic E-state index is 13.3. The summed E-state index contributed by atoms with van der Waals surface area (Å²) in [6.45, 7) is -1.19. The van der Waals surface area contributed by atoms with Gasteiger partial charge in [-0.2, -0.15) is 0 Å². The first-order chi connectivity index (χ1) is 17.3. The van der Waals surface area contributed by atoms with Crippen LogP contribution in [0.25, 0.3) is 22.3 Å². The van der Waals surface area contributed by atoms with Crippen LogP contribution >= 0.6 is 0 Å². The van der Waals surface area contributed by atoms with Crippen LogP contribution in [0.3, 0.4) is 0 Å². The zero-order chi connectivity index (χ0) is 26.1. The largest absolute Gasteiger partial charge is 0.495 e. The third-order valence-corrected chi connectivity index (χ3v) is 6.32. The van der Waals surface area contributed by atoms with E-state index in [4.69, 9.17) is 23.4 Å². The summed E-state index contributed by atoms with van der Waals surface area (Å²) in [5.74, 6) is 1.12. The molecule has 5 unspecified atom stereocenters. The molecular weight excluding hydrogens is 476 g/mol. The number of methoxy groups -OCH3 is 3. The number of hydrogen-bond acceptors (Lipinski definition) is 11. The van der Waals surface area contributed by atoms with E-state index in [2.05, 4.69) is 0 Å². The predicted molar refractivity (Wildman–Crippen MR) is 126 cm³/mol. The van der Waals surface area contributed by atoms with Gasteiger partial charge < -0.3 is 48.9 Å². The van der Waals surface area contributed by atoms with Crippen molar-refractivity contribution in [2.75, 3.05) is 27.9 Å². The molecule has 2 aromatic carbocycles. The van der Waals surface area contributed by atoms with Gasteiger partial charge in [0.1, 0.15) is 53.0 Å². The van der Waals surface area contributed by atoms with E-state index in [0.717, 1.165) is 0 Å². The van der Waals surface area contributed by atoms with Crippen molar-refractivity contribution in [1.82, 2.24) is 0 Å². The predicted octanol–water partition coefficient (Wildman–Crippen LogP) is 0.493. The molecule has 4 rings (SSSR count). The fraction of sp³-hybridized carbons (Fsp3) is 0.400. The number of hydrogen-bond donors (Lipinski definition) is 5. The normalized spacial score (nSPS) is 24.1. The SMILES string of the molecule is COc1ccc(-c2cc(=O)c3c(OC)c(C4OC(CO)C(O)C(O)C4O)c(CO)cc3o2)cc1OC. The first-order valence-corrected chi connectivity index (χ1v) is 11.1. The summed E-state index contributed by atoms with van der Waals surface area (Å²) in [4.78, 5) is 13.3.